The summed E-state index contributed by atoms with van der Waals surface area (Å²) < 4.78 is 6.58. The van der Waals surface area contributed by atoms with E-state index < -0.39 is 0 Å². The van der Waals surface area contributed by atoms with Gasteiger partial charge in [0, 0.05) is 27.3 Å². The molecule has 18 heavy (non-hydrogen) atoms. The van der Waals surface area contributed by atoms with E-state index >= 15 is 0 Å². The fraction of sp³-hybridized carbons (Fsp3) is 0.133. The van der Waals surface area contributed by atoms with E-state index in [1.165, 1.54) is 11.8 Å². The van der Waals surface area contributed by atoms with Gasteiger partial charge in [-0.3, -0.25) is 4.79 Å². The lowest BCUT2D eigenvalue weighted by Gasteiger charge is -2.07. The van der Waals surface area contributed by atoms with Crippen molar-refractivity contribution in [2.45, 2.75) is 13.8 Å². The first-order chi connectivity index (χ1) is 8.65. The number of thiophene rings is 1. The lowest BCUT2D eigenvalue weighted by Crippen LogP contribution is -2.02. The van der Waals surface area contributed by atoms with Crippen LogP contribution in [-0.4, -0.2) is 5.97 Å². The van der Waals surface area contributed by atoms with E-state index in [1.807, 2.05) is 24.3 Å². The normalized spacial score (nSPS) is 11.0. The van der Waals surface area contributed by atoms with Gasteiger partial charge in [-0.2, -0.15) is 0 Å². The Bertz CT molecular complexity index is 756. The lowest BCUT2D eigenvalue weighted by molar-refractivity contribution is -0.131. The van der Waals surface area contributed by atoms with Crippen LogP contribution in [0.1, 0.15) is 11.8 Å². The van der Waals surface area contributed by atoms with Gasteiger partial charge in [0.2, 0.25) is 0 Å². The van der Waals surface area contributed by atoms with Gasteiger partial charge in [-0.05, 0) is 24.4 Å². The Balaban J connectivity index is 2.44. The summed E-state index contributed by atoms with van der Waals surface area (Å²) in [6, 6.07) is 12.2. The number of aryl methyl sites for hydroxylation is 1. The van der Waals surface area contributed by atoms with Crippen LogP contribution in [0.3, 0.4) is 0 Å². The third-order valence-corrected chi connectivity index (χ3v) is 3.86. The molecule has 0 amide bonds. The van der Waals surface area contributed by atoms with E-state index in [-0.39, 0.29) is 5.97 Å². The van der Waals surface area contributed by atoms with Crippen molar-refractivity contribution in [3.05, 3.63) is 41.3 Å². The van der Waals surface area contributed by atoms with Gasteiger partial charge in [0.15, 0.2) is 0 Å². The van der Waals surface area contributed by atoms with E-state index in [1.54, 1.807) is 11.3 Å². The smallest absolute Gasteiger partial charge is 0.308 e. The van der Waals surface area contributed by atoms with Crippen LogP contribution in [0, 0.1) is 6.92 Å². The van der Waals surface area contributed by atoms with Gasteiger partial charge in [0.05, 0.1) is 0 Å². The number of fused-ring (bicyclic) bond motifs is 2. The molecule has 0 atom stereocenters. The second kappa shape index (κ2) is 4.10. The Kier molecular flexibility index (Phi) is 2.56. The third kappa shape index (κ3) is 1.77. The Morgan fingerprint density at radius 3 is 2.72 bits per heavy atom. The first-order valence-corrected chi connectivity index (χ1v) is 6.57. The highest BCUT2D eigenvalue weighted by Crippen LogP contribution is 2.39. The van der Waals surface area contributed by atoms with Crippen molar-refractivity contribution in [3.63, 3.8) is 0 Å². The van der Waals surface area contributed by atoms with Crippen molar-refractivity contribution in [2.24, 2.45) is 0 Å². The molecule has 0 radical (unpaired) electrons. The predicted octanol–water partition coefficient (Wildman–Crippen LogP) is 4.29. The molecule has 0 unspecified atom stereocenters. The highest BCUT2D eigenvalue weighted by atomic mass is 32.1. The monoisotopic (exact) mass is 256 g/mol. The molecule has 1 heterocycles. The molecule has 3 rings (SSSR count). The van der Waals surface area contributed by atoms with Crippen molar-refractivity contribution in [2.75, 3.05) is 0 Å². The van der Waals surface area contributed by atoms with Crippen LogP contribution in [0.5, 0.6) is 5.75 Å². The molecular formula is C15H12O2S. The molecule has 3 aromatic rings. The van der Waals surface area contributed by atoms with Crippen LogP contribution in [0.2, 0.25) is 0 Å². The molecule has 2 aromatic carbocycles. The number of rotatable bonds is 1. The molecule has 0 spiro atoms. The molecular weight excluding hydrogens is 244 g/mol. The van der Waals surface area contributed by atoms with Crippen LogP contribution in [0.25, 0.3) is 20.9 Å². The molecule has 0 bridgehead atoms. The summed E-state index contributed by atoms with van der Waals surface area (Å²) in [5.41, 5.74) is 0. The second-order valence-corrected chi connectivity index (χ2v) is 5.58. The highest BCUT2D eigenvalue weighted by molar-refractivity contribution is 7.19. The summed E-state index contributed by atoms with van der Waals surface area (Å²) in [6.45, 7) is 3.50. The van der Waals surface area contributed by atoms with Crippen LogP contribution >= 0.6 is 11.3 Å². The quantitative estimate of drug-likeness (QED) is 0.479. The van der Waals surface area contributed by atoms with Gasteiger partial charge >= 0.3 is 5.97 Å². The topological polar surface area (TPSA) is 26.3 Å². The Hall–Kier alpha value is -1.87. The van der Waals surface area contributed by atoms with Crippen molar-refractivity contribution in [3.8, 4) is 5.75 Å². The zero-order valence-electron chi connectivity index (χ0n) is 10.2. The Labute approximate surface area is 109 Å². The van der Waals surface area contributed by atoms with E-state index in [0.29, 0.717) is 5.75 Å². The summed E-state index contributed by atoms with van der Waals surface area (Å²) in [7, 11) is 0. The fourth-order valence-corrected chi connectivity index (χ4v) is 3.16. The van der Waals surface area contributed by atoms with Gasteiger partial charge in [-0.15, -0.1) is 11.3 Å². The second-order valence-electron chi connectivity index (χ2n) is 4.29. The van der Waals surface area contributed by atoms with Crippen molar-refractivity contribution in [1.29, 1.82) is 0 Å². The molecule has 0 aliphatic carbocycles. The Morgan fingerprint density at radius 1 is 1.17 bits per heavy atom. The van der Waals surface area contributed by atoms with Crippen LogP contribution in [-0.2, 0) is 4.79 Å². The van der Waals surface area contributed by atoms with Gasteiger partial charge < -0.3 is 4.74 Å². The maximum atomic E-state index is 11.3. The molecule has 1 aromatic heterocycles. The zero-order chi connectivity index (χ0) is 12.7. The summed E-state index contributed by atoms with van der Waals surface area (Å²) in [5.74, 6) is 0.399. The van der Waals surface area contributed by atoms with Crippen LogP contribution < -0.4 is 4.74 Å². The van der Waals surface area contributed by atoms with E-state index in [4.69, 9.17) is 4.74 Å². The van der Waals surface area contributed by atoms with Gasteiger partial charge in [-0.25, -0.2) is 0 Å². The van der Waals surface area contributed by atoms with Crippen LogP contribution in [0.15, 0.2) is 36.4 Å². The minimum Gasteiger partial charge on any atom is -0.425 e. The molecule has 3 heteroatoms. The number of carbonyl (C=O) groups is 1. The first kappa shape index (κ1) is 11.2. The summed E-state index contributed by atoms with van der Waals surface area (Å²) >= 11 is 1.72. The molecule has 0 aliphatic rings. The summed E-state index contributed by atoms with van der Waals surface area (Å²) in [6.07, 6.45) is 0. The number of ether oxygens (including phenoxy) is 1. The number of hydrogen-bond acceptors (Lipinski definition) is 3. The average Bonchev–Trinajstić information content (AvgIpc) is 2.68. The maximum absolute atomic E-state index is 11.3. The highest BCUT2D eigenvalue weighted by Gasteiger charge is 2.12. The van der Waals surface area contributed by atoms with E-state index in [0.717, 1.165) is 20.9 Å². The van der Waals surface area contributed by atoms with Gasteiger partial charge in [-0.1, -0.05) is 24.3 Å². The fourth-order valence-electron chi connectivity index (χ4n) is 2.19. The van der Waals surface area contributed by atoms with Crippen molar-refractivity contribution < 1.29 is 9.53 Å². The number of carbonyl (C=O) groups excluding carboxylic acids is 1. The molecule has 0 fully saturated rings. The van der Waals surface area contributed by atoms with E-state index in [9.17, 15) is 4.79 Å². The largest absolute Gasteiger partial charge is 0.425 e. The lowest BCUT2D eigenvalue weighted by atomic mass is 10.1. The number of esters is 1. The van der Waals surface area contributed by atoms with E-state index in [2.05, 4.69) is 19.1 Å². The summed E-state index contributed by atoms with van der Waals surface area (Å²) in [5, 5.41) is 3.10. The standard InChI is InChI=1S/C15H12O2S/c1-9-7-13-14(18-9)8-11-5-3-4-6-12(11)15(13)17-10(2)16/h3-8H,1-2H3. The maximum Gasteiger partial charge on any atom is 0.308 e. The Morgan fingerprint density at radius 2 is 1.94 bits per heavy atom. The molecule has 0 N–H and O–H groups in total. The minimum atomic E-state index is -0.281. The zero-order valence-corrected chi connectivity index (χ0v) is 11.0. The number of hydrogen-bond donors (Lipinski definition) is 0. The SMILES string of the molecule is CC(=O)Oc1c2ccccc2cc2sc(C)cc12. The third-order valence-electron chi connectivity index (χ3n) is 2.87. The first-order valence-electron chi connectivity index (χ1n) is 5.75. The van der Waals surface area contributed by atoms with Crippen molar-refractivity contribution in [1.82, 2.24) is 0 Å². The number of benzene rings is 2. The van der Waals surface area contributed by atoms with Crippen molar-refractivity contribution >= 4 is 38.2 Å². The van der Waals surface area contributed by atoms with Crippen LogP contribution in [0.4, 0.5) is 0 Å². The molecule has 2 nitrogen and oxygen atoms in total. The molecule has 0 aliphatic heterocycles. The minimum absolute atomic E-state index is 0.281. The summed E-state index contributed by atoms with van der Waals surface area (Å²) in [4.78, 5) is 12.5. The molecule has 90 valence electrons. The predicted molar refractivity (Wildman–Crippen MR) is 75.4 cm³/mol. The molecule has 0 saturated carbocycles. The molecule has 0 saturated heterocycles. The average molecular weight is 256 g/mol. The van der Waals surface area contributed by atoms with Gasteiger partial charge in [0.1, 0.15) is 5.75 Å². The van der Waals surface area contributed by atoms with Gasteiger partial charge in [0.25, 0.3) is 0 Å².